The fourth-order valence-electron chi connectivity index (χ4n) is 1.92. The first kappa shape index (κ1) is 10.7. The number of aliphatic imine (C=N–C) groups is 1. The van der Waals surface area contributed by atoms with Crippen LogP contribution in [0.3, 0.4) is 0 Å². The van der Waals surface area contributed by atoms with Gasteiger partial charge in [-0.3, -0.25) is 4.99 Å². The Labute approximate surface area is 98.5 Å². The fraction of sp³-hybridized carbons (Fsp3) is 0.417. The van der Waals surface area contributed by atoms with Crippen LogP contribution in [0, 0.1) is 0 Å². The van der Waals surface area contributed by atoms with Gasteiger partial charge in [0.05, 0.1) is 12.8 Å². The maximum atomic E-state index is 5.40. The smallest absolute Gasteiger partial charge is 0.125 e. The average molecular weight is 268 g/mol. The van der Waals surface area contributed by atoms with Crippen molar-refractivity contribution >= 4 is 27.3 Å². The number of rotatable bonds is 1. The van der Waals surface area contributed by atoms with Crippen LogP contribution in [0.1, 0.15) is 26.3 Å². The van der Waals surface area contributed by atoms with E-state index in [-0.39, 0.29) is 5.41 Å². The van der Waals surface area contributed by atoms with Crippen molar-refractivity contribution in [2.24, 2.45) is 4.99 Å². The van der Waals surface area contributed by atoms with Gasteiger partial charge in [-0.1, -0.05) is 13.8 Å². The first-order valence-corrected chi connectivity index (χ1v) is 5.70. The van der Waals surface area contributed by atoms with Crippen molar-refractivity contribution in [2.45, 2.75) is 26.2 Å². The zero-order valence-electron chi connectivity index (χ0n) is 9.39. The molecule has 0 aromatic heterocycles. The summed E-state index contributed by atoms with van der Waals surface area (Å²) in [5.41, 5.74) is 3.28. The van der Waals surface area contributed by atoms with Crippen molar-refractivity contribution in [3.63, 3.8) is 0 Å². The molecular formula is C12H14BrNO. The summed E-state index contributed by atoms with van der Waals surface area (Å²) in [5, 5.41) is 0. The van der Waals surface area contributed by atoms with E-state index in [4.69, 9.17) is 4.74 Å². The minimum Gasteiger partial charge on any atom is -0.496 e. The lowest BCUT2D eigenvalue weighted by Crippen LogP contribution is -2.23. The lowest BCUT2D eigenvalue weighted by molar-refractivity contribution is 0.405. The minimum atomic E-state index is -0.0372. The molecular weight excluding hydrogens is 254 g/mol. The summed E-state index contributed by atoms with van der Waals surface area (Å²) in [6, 6.07) is 3.97. The van der Waals surface area contributed by atoms with Gasteiger partial charge in [0.15, 0.2) is 0 Å². The van der Waals surface area contributed by atoms with Gasteiger partial charge in [-0.2, -0.15) is 0 Å². The molecule has 0 N–H and O–H groups in total. The third-order valence-corrected chi connectivity index (χ3v) is 3.76. The number of ether oxygens (including phenoxy) is 1. The van der Waals surface area contributed by atoms with Crippen molar-refractivity contribution < 1.29 is 4.74 Å². The Morgan fingerprint density at radius 1 is 1.33 bits per heavy atom. The summed E-state index contributed by atoms with van der Waals surface area (Å²) < 4.78 is 6.43. The molecule has 0 radical (unpaired) electrons. The van der Waals surface area contributed by atoms with Crippen molar-refractivity contribution in [2.75, 3.05) is 7.11 Å². The summed E-state index contributed by atoms with van der Waals surface area (Å²) in [6.45, 7) is 6.41. The van der Waals surface area contributed by atoms with E-state index in [2.05, 4.69) is 41.7 Å². The topological polar surface area (TPSA) is 21.6 Å². The van der Waals surface area contributed by atoms with E-state index in [0.717, 1.165) is 21.6 Å². The van der Waals surface area contributed by atoms with E-state index >= 15 is 0 Å². The maximum absolute atomic E-state index is 5.40. The molecule has 1 aliphatic heterocycles. The van der Waals surface area contributed by atoms with Gasteiger partial charge in [-0.15, -0.1) is 0 Å². The standard InChI is InChI=1S/C12H14BrNO/c1-7-12(2,3)10-9(15-4)6-5-8(13)11(10)14-7/h5-6H,1-4H3. The Kier molecular flexibility index (Phi) is 2.38. The van der Waals surface area contributed by atoms with Crippen molar-refractivity contribution in [1.29, 1.82) is 0 Å². The molecule has 2 rings (SSSR count). The molecule has 0 fully saturated rings. The molecule has 2 nitrogen and oxygen atoms in total. The van der Waals surface area contributed by atoms with Gasteiger partial charge in [0.1, 0.15) is 5.75 Å². The number of fused-ring (bicyclic) bond motifs is 1. The van der Waals surface area contributed by atoms with Crippen LogP contribution in [0.5, 0.6) is 5.75 Å². The molecule has 0 aliphatic carbocycles. The van der Waals surface area contributed by atoms with Crippen molar-refractivity contribution in [3.8, 4) is 5.75 Å². The predicted octanol–water partition coefficient (Wildman–Crippen LogP) is 3.84. The molecule has 1 aromatic rings. The van der Waals surface area contributed by atoms with Crippen LogP contribution >= 0.6 is 15.9 Å². The zero-order valence-corrected chi connectivity index (χ0v) is 11.0. The van der Waals surface area contributed by atoms with Crippen LogP contribution in [0.25, 0.3) is 0 Å². The molecule has 80 valence electrons. The van der Waals surface area contributed by atoms with Gasteiger partial charge < -0.3 is 4.74 Å². The van der Waals surface area contributed by atoms with Gasteiger partial charge in [0.25, 0.3) is 0 Å². The SMILES string of the molecule is COc1ccc(Br)c2c1C(C)(C)C(C)=N2. The molecule has 1 aliphatic rings. The van der Waals surface area contributed by atoms with Crippen LogP contribution in [-0.4, -0.2) is 12.8 Å². The van der Waals surface area contributed by atoms with Gasteiger partial charge in [0, 0.05) is 21.2 Å². The van der Waals surface area contributed by atoms with Gasteiger partial charge >= 0.3 is 0 Å². The second-order valence-electron chi connectivity index (χ2n) is 4.30. The molecule has 0 bridgehead atoms. The Balaban J connectivity index is 2.75. The summed E-state index contributed by atoms with van der Waals surface area (Å²) in [5.74, 6) is 0.916. The highest BCUT2D eigenvalue weighted by Crippen LogP contribution is 2.48. The third kappa shape index (κ3) is 1.41. The molecule has 0 spiro atoms. The number of methoxy groups -OCH3 is 1. The number of benzene rings is 1. The Morgan fingerprint density at radius 3 is 2.60 bits per heavy atom. The molecule has 15 heavy (non-hydrogen) atoms. The van der Waals surface area contributed by atoms with Gasteiger partial charge in [0.2, 0.25) is 0 Å². The van der Waals surface area contributed by atoms with Gasteiger partial charge in [-0.25, -0.2) is 0 Å². The third-order valence-electron chi connectivity index (χ3n) is 3.12. The molecule has 0 atom stereocenters. The van der Waals surface area contributed by atoms with Crippen molar-refractivity contribution in [1.82, 2.24) is 0 Å². The van der Waals surface area contributed by atoms with Crippen LogP contribution < -0.4 is 4.74 Å². The highest BCUT2D eigenvalue weighted by molar-refractivity contribution is 9.10. The van der Waals surface area contributed by atoms with E-state index in [1.54, 1.807) is 7.11 Å². The first-order valence-electron chi connectivity index (χ1n) is 4.91. The highest BCUT2D eigenvalue weighted by Gasteiger charge is 2.36. The number of nitrogens with zero attached hydrogens (tertiary/aromatic N) is 1. The van der Waals surface area contributed by atoms with E-state index in [1.807, 2.05) is 12.1 Å². The van der Waals surface area contributed by atoms with Gasteiger partial charge in [-0.05, 0) is 35.0 Å². The molecule has 0 unspecified atom stereocenters. The Morgan fingerprint density at radius 2 is 2.00 bits per heavy atom. The summed E-state index contributed by atoms with van der Waals surface area (Å²) in [4.78, 5) is 4.60. The van der Waals surface area contributed by atoms with E-state index in [9.17, 15) is 0 Å². The fourth-order valence-corrected chi connectivity index (χ4v) is 2.34. The zero-order chi connectivity index (χ0) is 11.2. The number of hydrogen-bond donors (Lipinski definition) is 0. The molecule has 0 amide bonds. The van der Waals surface area contributed by atoms with Crippen LogP contribution in [0.4, 0.5) is 5.69 Å². The second kappa shape index (κ2) is 3.34. The lowest BCUT2D eigenvalue weighted by Gasteiger charge is -2.22. The summed E-state index contributed by atoms with van der Waals surface area (Å²) >= 11 is 3.53. The second-order valence-corrected chi connectivity index (χ2v) is 5.15. The monoisotopic (exact) mass is 267 g/mol. The van der Waals surface area contributed by atoms with E-state index in [0.29, 0.717) is 0 Å². The van der Waals surface area contributed by atoms with E-state index in [1.165, 1.54) is 5.56 Å². The largest absolute Gasteiger partial charge is 0.496 e. The van der Waals surface area contributed by atoms with Crippen molar-refractivity contribution in [3.05, 3.63) is 22.2 Å². The van der Waals surface area contributed by atoms with Crippen LogP contribution in [0.15, 0.2) is 21.6 Å². The number of hydrogen-bond acceptors (Lipinski definition) is 2. The highest BCUT2D eigenvalue weighted by atomic mass is 79.9. The molecule has 1 aromatic carbocycles. The normalized spacial score (nSPS) is 17.3. The Hall–Kier alpha value is -0.830. The first-order chi connectivity index (χ1) is 6.98. The minimum absolute atomic E-state index is 0.0372. The quantitative estimate of drug-likeness (QED) is 0.758. The molecule has 3 heteroatoms. The van der Waals surface area contributed by atoms with Crippen LogP contribution in [-0.2, 0) is 5.41 Å². The number of halogens is 1. The van der Waals surface area contributed by atoms with Crippen LogP contribution in [0.2, 0.25) is 0 Å². The Bertz CT molecular complexity index is 449. The molecule has 0 saturated carbocycles. The average Bonchev–Trinajstić information content (AvgIpc) is 2.42. The van der Waals surface area contributed by atoms with E-state index < -0.39 is 0 Å². The molecule has 1 heterocycles. The lowest BCUT2D eigenvalue weighted by atomic mass is 9.82. The summed E-state index contributed by atoms with van der Waals surface area (Å²) in [7, 11) is 1.70. The molecule has 0 saturated heterocycles. The summed E-state index contributed by atoms with van der Waals surface area (Å²) in [6.07, 6.45) is 0. The predicted molar refractivity (Wildman–Crippen MR) is 66.5 cm³/mol. The maximum Gasteiger partial charge on any atom is 0.125 e.